The monoisotopic (exact) mass is 526 g/mol. The van der Waals surface area contributed by atoms with Gasteiger partial charge in [0, 0.05) is 24.4 Å². The number of esters is 1. The Bertz CT molecular complexity index is 977. The number of rotatable bonds is 9. The molecule has 2 aliphatic carbocycles. The van der Waals surface area contributed by atoms with Gasteiger partial charge in [0.2, 0.25) is 5.91 Å². The molecule has 2 aromatic carbocycles. The van der Waals surface area contributed by atoms with Gasteiger partial charge in [0.15, 0.2) is 0 Å². The van der Waals surface area contributed by atoms with E-state index in [-0.39, 0.29) is 47.8 Å². The molecule has 36 heavy (non-hydrogen) atoms. The third-order valence-electron chi connectivity index (χ3n) is 5.25. The zero-order chi connectivity index (χ0) is 24.9. The second-order valence-corrected chi connectivity index (χ2v) is 7.85. The number of hydrogen-bond donors (Lipinski definition) is 2. The molecule has 6 nitrogen and oxygen atoms in total. The van der Waals surface area contributed by atoms with Gasteiger partial charge in [0.1, 0.15) is 0 Å². The van der Waals surface area contributed by atoms with Gasteiger partial charge >= 0.3 is 23.0 Å². The smallest absolute Gasteiger partial charge is 0.466 e. The zero-order valence-electron chi connectivity index (χ0n) is 20.2. The topological polar surface area (TPSA) is 84.5 Å². The summed E-state index contributed by atoms with van der Waals surface area (Å²) in [7, 11) is 0. The molecule has 4 rings (SSSR count). The Hall–Kier alpha value is -2.37. The van der Waals surface area contributed by atoms with Crippen LogP contribution in [0.1, 0.15) is 35.7 Å². The standard InChI is InChI=1S/C24H25N2O4.C5H5.Fe/c1-2-30-23(28)8-5-13-25-22(27)16-26-24(29)21-12-11-19-14-18(9-10-20(19)15-21)17-6-3-4-7-17;1-2-4-5-3-1;/h3-4,6-7,9-12,14-15H,2,5,8,13,16H2,1H3,(H,25,27)(H,26,29);1-5H;/q;;+2. The summed E-state index contributed by atoms with van der Waals surface area (Å²) in [6.45, 7) is 2.34. The van der Waals surface area contributed by atoms with E-state index < -0.39 is 0 Å². The van der Waals surface area contributed by atoms with Crippen LogP contribution < -0.4 is 10.6 Å². The number of nitrogens with one attached hydrogen (secondary N) is 2. The molecule has 0 saturated heterocycles. The van der Waals surface area contributed by atoms with Crippen molar-refractivity contribution in [1.82, 2.24) is 10.6 Å². The number of carbonyl (C=O) groups is 3. The van der Waals surface area contributed by atoms with E-state index in [2.05, 4.69) is 29.5 Å². The van der Waals surface area contributed by atoms with Gasteiger partial charge in [0.25, 0.3) is 5.91 Å². The maximum Gasteiger partial charge on any atom is 2.00 e. The molecular formula is C29H30FeN2O4+2. The molecule has 2 N–H and O–H groups in total. The second-order valence-electron chi connectivity index (χ2n) is 7.85. The average Bonchev–Trinajstić information content (AvgIpc) is 3.62. The van der Waals surface area contributed by atoms with Crippen LogP contribution in [0.4, 0.5) is 0 Å². The van der Waals surface area contributed by atoms with Crippen LogP contribution in [0.25, 0.3) is 10.8 Å². The van der Waals surface area contributed by atoms with Crippen LogP contribution in [-0.2, 0) is 31.4 Å². The number of benzene rings is 2. The molecule has 0 heterocycles. The SMILES string of the molecule is CCOC(=O)CCCNC(=O)CNC(=O)c1ccc2cc([C]3[CH][CH][CH][CH]3)ccc2c1.[CH]1[CH][CH][CH][CH]1.[Fe+2]. The predicted octanol–water partition coefficient (Wildman–Crippen LogP) is 3.80. The van der Waals surface area contributed by atoms with E-state index in [9.17, 15) is 14.4 Å². The molecular weight excluding hydrogens is 496 g/mol. The van der Waals surface area contributed by atoms with Crippen molar-refractivity contribution >= 4 is 28.6 Å². The van der Waals surface area contributed by atoms with Gasteiger partial charge in [-0.15, -0.1) is 0 Å². The van der Waals surface area contributed by atoms with Crippen molar-refractivity contribution in [3.63, 3.8) is 0 Å². The Balaban J connectivity index is 0.000000678. The minimum Gasteiger partial charge on any atom is -0.466 e. The van der Waals surface area contributed by atoms with Crippen molar-refractivity contribution in [1.29, 1.82) is 0 Å². The van der Waals surface area contributed by atoms with E-state index in [4.69, 9.17) is 4.74 Å². The summed E-state index contributed by atoms with van der Waals surface area (Å²) in [5.41, 5.74) is 1.63. The molecule has 7 heteroatoms. The molecule has 2 amide bonds. The third kappa shape index (κ3) is 9.94. The number of hydrogen-bond acceptors (Lipinski definition) is 4. The maximum absolute atomic E-state index is 12.4. The van der Waals surface area contributed by atoms with Gasteiger partial charge in [-0.3, -0.25) is 14.4 Å². The van der Waals surface area contributed by atoms with E-state index in [1.165, 1.54) is 0 Å². The molecule has 0 atom stereocenters. The van der Waals surface area contributed by atoms with Crippen LogP contribution in [0.2, 0.25) is 0 Å². The molecule has 0 spiro atoms. The fourth-order valence-corrected chi connectivity index (χ4v) is 3.47. The quantitative estimate of drug-likeness (QED) is 0.296. The van der Waals surface area contributed by atoms with Crippen molar-refractivity contribution in [2.75, 3.05) is 19.7 Å². The number of carbonyl (C=O) groups excluding carboxylic acids is 3. The molecule has 186 valence electrons. The number of ether oxygens (including phenoxy) is 1. The van der Waals surface area contributed by atoms with E-state index >= 15 is 0 Å². The Morgan fingerprint density at radius 2 is 1.44 bits per heavy atom. The van der Waals surface area contributed by atoms with Gasteiger partial charge in [-0.05, 0) is 99.6 Å². The Kier molecular flexibility index (Phi) is 13.6. The van der Waals surface area contributed by atoms with Crippen molar-refractivity contribution in [3.05, 3.63) is 111 Å². The van der Waals surface area contributed by atoms with E-state index in [1.807, 2.05) is 69.2 Å². The largest absolute Gasteiger partial charge is 2.00 e. The van der Waals surface area contributed by atoms with Crippen LogP contribution in [0.15, 0.2) is 36.4 Å². The van der Waals surface area contributed by atoms with Crippen LogP contribution in [0.5, 0.6) is 0 Å². The predicted molar refractivity (Wildman–Crippen MR) is 136 cm³/mol. The van der Waals surface area contributed by atoms with E-state index in [0.29, 0.717) is 25.1 Å². The first-order chi connectivity index (χ1) is 17.1. The second kappa shape index (κ2) is 16.4. The maximum atomic E-state index is 12.4. The fraction of sp³-hybridized carbons (Fsp3) is 0.207. The summed E-state index contributed by atoms with van der Waals surface area (Å²) < 4.78 is 4.82. The molecule has 2 saturated carbocycles. The van der Waals surface area contributed by atoms with Crippen molar-refractivity contribution in [2.45, 2.75) is 19.8 Å². The average molecular weight is 526 g/mol. The summed E-state index contributed by atoms with van der Waals surface area (Å²) in [5, 5.41) is 7.30. The molecule has 2 fully saturated rings. The van der Waals surface area contributed by atoms with Crippen LogP contribution >= 0.6 is 0 Å². The summed E-state index contributed by atoms with van der Waals surface area (Å²) >= 11 is 0. The van der Waals surface area contributed by atoms with Crippen LogP contribution in [-0.4, -0.2) is 37.5 Å². The van der Waals surface area contributed by atoms with E-state index in [0.717, 1.165) is 22.3 Å². The minimum atomic E-state index is -0.307. The summed E-state index contributed by atoms with van der Waals surface area (Å²) in [5.74, 6) is 0.274. The Morgan fingerprint density at radius 3 is 2.11 bits per heavy atom. The third-order valence-corrected chi connectivity index (χ3v) is 5.25. The summed E-state index contributed by atoms with van der Waals surface area (Å²) in [4.78, 5) is 35.5. The Morgan fingerprint density at radius 1 is 0.806 bits per heavy atom. The summed E-state index contributed by atoms with van der Waals surface area (Å²) in [6.07, 6.45) is 18.9. The van der Waals surface area contributed by atoms with Crippen LogP contribution in [0.3, 0.4) is 0 Å². The van der Waals surface area contributed by atoms with Crippen molar-refractivity contribution < 1.29 is 36.2 Å². The van der Waals surface area contributed by atoms with Gasteiger partial charge in [-0.25, -0.2) is 0 Å². The zero-order valence-corrected chi connectivity index (χ0v) is 21.3. The molecule has 0 bridgehead atoms. The fourth-order valence-electron chi connectivity index (χ4n) is 3.47. The minimum absolute atomic E-state index is 0. The van der Waals surface area contributed by atoms with Gasteiger partial charge in [-0.1, -0.05) is 24.3 Å². The first-order valence-electron chi connectivity index (χ1n) is 11.7. The first kappa shape index (κ1) is 29.9. The molecule has 0 aromatic heterocycles. The molecule has 2 aliphatic rings. The van der Waals surface area contributed by atoms with Crippen molar-refractivity contribution in [3.8, 4) is 0 Å². The van der Waals surface area contributed by atoms with Crippen LogP contribution in [0, 0.1) is 63.7 Å². The van der Waals surface area contributed by atoms with Gasteiger partial charge in [-0.2, -0.15) is 0 Å². The van der Waals surface area contributed by atoms with Gasteiger partial charge in [0.05, 0.1) is 13.2 Å². The van der Waals surface area contributed by atoms with Crippen molar-refractivity contribution in [2.24, 2.45) is 0 Å². The molecule has 2 aromatic rings. The van der Waals surface area contributed by atoms with E-state index in [1.54, 1.807) is 13.0 Å². The summed E-state index contributed by atoms with van der Waals surface area (Å²) in [6, 6.07) is 11.6. The molecule has 0 aliphatic heterocycles. The first-order valence-corrected chi connectivity index (χ1v) is 11.7. The number of fused-ring (bicyclic) bond motifs is 1. The Labute approximate surface area is 225 Å². The van der Waals surface area contributed by atoms with Gasteiger partial charge < -0.3 is 15.4 Å². The normalized spacial score (nSPS) is 14.9. The molecule has 10 radical (unpaired) electrons. The number of amides is 2. The molecule has 0 unspecified atom stereocenters.